The van der Waals surface area contributed by atoms with Crippen molar-refractivity contribution in [3.63, 3.8) is 0 Å². The second-order valence-corrected chi connectivity index (χ2v) is 6.56. The molecule has 1 atom stereocenters. The SMILES string of the molecule is CNCCS(=O)(=O)N(C)C(C)CC(C)C. The van der Waals surface area contributed by atoms with E-state index in [1.165, 1.54) is 4.31 Å². The predicted molar refractivity (Wildman–Crippen MR) is 64.4 cm³/mol. The summed E-state index contributed by atoms with van der Waals surface area (Å²) in [6.07, 6.45) is 0.898. The molecular formula is C10H24N2O2S. The molecule has 0 fully saturated rings. The third-order valence-electron chi connectivity index (χ3n) is 2.48. The largest absolute Gasteiger partial charge is 0.319 e. The maximum atomic E-state index is 11.8. The Hall–Kier alpha value is -0.130. The minimum atomic E-state index is -3.10. The van der Waals surface area contributed by atoms with E-state index in [2.05, 4.69) is 19.2 Å². The Morgan fingerprint density at radius 2 is 1.80 bits per heavy atom. The molecule has 1 N–H and O–H groups in total. The molecule has 0 saturated carbocycles. The lowest BCUT2D eigenvalue weighted by atomic mass is 10.1. The topological polar surface area (TPSA) is 49.4 Å². The molecule has 0 aliphatic rings. The Balaban J connectivity index is 4.34. The average molecular weight is 236 g/mol. The average Bonchev–Trinajstić information content (AvgIpc) is 2.12. The van der Waals surface area contributed by atoms with E-state index in [4.69, 9.17) is 0 Å². The van der Waals surface area contributed by atoms with Crippen LogP contribution in [-0.4, -0.2) is 45.2 Å². The lowest BCUT2D eigenvalue weighted by molar-refractivity contribution is 0.337. The third-order valence-corrected chi connectivity index (χ3v) is 4.44. The summed E-state index contributed by atoms with van der Waals surface area (Å²) in [6, 6.07) is 0.0758. The van der Waals surface area contributed by atoms with Gasteiger partial charge < -0.3 is 5.32 Å². The Labute approximate surface area is 94.1 Å². The van der Waals surface area contributed by atoms with Crippen LogP contribution in [0.3, 0.4) is 0 Å². The van der Waals surface area contributed by atoms with E-state index in [1.54, 1.807) is 14.1 Å². The van der Waals surface area contributed by atoms with Gasteiger partial charge in [0, 0.05) is 19.6 Å². The quantitative estimate of drug-likeness (QED) is 0.714. The molecule has 0 aliphatic carbocycles. The highest BCUT2D eigenvalue weighted by Crippen LogP contribution is 2.12. The van der Waals surface area contributed by atoms with Crippen LogP contribution in [0.1, 0.15) is 27.2 Å². The van der Waals surface area contributed by atoms with Crippen LogP contribution < -0.4 is 5.32 Å². The molecule has 15 heavy (non-hydrogen) atoms. The van der Waals surface area contributed by atoms with Gasteiger partial charge in [0.1, 0.15) is 0 Å². The van der Waals surface area contributed by atoms with Gasteiger partial charge in [-0.25, -0.2) is 12.7 Å². The summed E-state index contributed by atoms with van der Waals surface area (Å²) < 4.78 is 25.1. The van der Waals surface area contributed by atoms with E-state index in [1.807, 2.05) is 6.92 Å². The molecule has 0 rings (SSSR count). The van der Waals surface area contributed by atoms with Crippen LogP contribution in [0.2, 0.25) is 0 Å². The molecule has 0 aromatic rings. The number of nitrogens with zero attached hydrogens (tertiary/aromatic N) is 1. The molecule has 0 radical (unpaired) electrons. The number of hydrogen-bond donors (Lipinski definition) is 1. The molecule has 0 aliphatic heterocycles. The summed E-state index contributed by atoms with van der Waals surface area (Å²) in [4.78, 5) is 0. The van der Waals surface area contributed by atoms with Crippen molar-refractivity contribution in [2.24, 2.45) is 5.92 Å². The smallest absolute Gasteiger partial charge is 0.215 e. The number of nitrogens with one attached hydrogen (secondary N) is 1. The highest BCUT2D eigenvalue weighted by Gasteiger charge is 2.22. The minimum Gasteiger partial charge on any atom is -0.319 e. The Kier molecular flexibility index (Phi) is 6.40. The number of rotatable bonds is 7. The van der Waals surface area contributed by atoms with Crippen molar-refractivity contribution < 1.29 is 8.42 Å². The van der Waals surface area contributed by atoms with Gasteiger partial charge in [0.15, 0.2) is 0 Å². The fourth-order valence-electron chi connectivity index (χ4n) is 1.48. The number of hydrogen-bond acceptors (Lipinski definition) is 3. The minimum absolute atomic E-state index is 0.0758. The zero-order valence-electron chi connectivity index (χ0n) is 10.4. The van der Waals surface area contributed by atoms with E-state index < -0.39 is 10.0 Å². The van der Waals surface area contributed by atoms with Gasteiger partial charge in [-0.1, -0.05) is 13.8 Å². The predicted octanol–water partition coefficient (Wildman–Crippen LogP) is 0.902. The van der Waals surface area contributed by atoms with Crippen molar-refractivity contribution in [1.82, 2.24) is 9.62 Å². The fraction of sp³-hybridized carbons (Fsp3) is 1.00. The first-order valence-electron chi connectivity index (χ1n) is 5.41. The number of sulfonamides is 1. The highest BCUT2D eigenvalue weighted by molar-refractivity contribution is 7.89. The Morgan fingerprint density at radius 1 is 1.27 bits per heavy atom. The molecule has 0 saturated heterocycles. The van der Waals surface area contributed by atoms with Gasteiger partial charge in [-0.2, -0.15) is 0 Å². The van der Waals surface area contributed by atoms with E-state index >= 15 is 0 Å². The monoisotopic (exact) mass is 236 g/mol. The third kappa shape index (κ3) is 5.49. The van der Waals surface area contributed by atoms with Crippen LogP contribution in [0.5, 0.6) is 0 Å². The van der Waals surface area contributed by atoms with Crippen molar-refractivity contribution in [2.45, 2.75) is 33.2 Å². The first kappa shape index (κ1) is 14.9. The van der Waals surface area contributed by atoms with Crippen LogP contribution in [-0.2, 0) is 10.0 Å². The van der Waals surface area contributed by atoms with Crippen LogP contribution in [0.15, 0.2) is 0 Å². The Bertz CT molecular complexity index is 263. The second kappa shape index (κ2) is 6.45. The van der Waals surface area contributed by atoms with Gasteiger partial charge >= 0.3 is 0 Å². The van der Waals surface area contributed by atoms with Crippen LogP contribution >= 0.6 is 0 Å². The van der Waals surface area contributed by atoms with Crippen molar-refractivity contribution in [2.75, 3.05) is 26.4 Å². The van der Waals surface area contributed by atoms with Crippen LogP contribution in [0.4, 0.5) is 0 Å². The van der Waals surface area contributed by atoms with Gasteiger partial charge in [0.25, 0.3) is 0 Å². The summed E-state index contributed by atoms with van der Waals surface area (Å²) in [7, 11) is 0.325. The van der Waals surface area contributed by atoms with Gasteiger partial charge in [-0.15, -0.1) is 0 Å². The summed E-state index contributed by atoms with van der Waals surface area (Å²) in [6.45, 7) is 6.66. The van der Waals surface area contributed by atoms with Gasteiger partial charge in [0.2, 0.25) is 10.0 Å². The van der Waals surface area contributed by atoms with Gasteiger partial charge in [-0.05, 0) is 26.3 Å². The van der Waals surface area contributed by atoms with Crippen LogP contribution in [0.25, 0.3) is 0 Å². The highest BCUT2D eigenvalue weighted by atomic mass is 32.2. The van der Waals surface area contributed by atoms with Crippen molar-refractivity contribution in [1.29, 1.82) is 0 Å². The summed E-state index contributed by atoms with van der Waals surface area (Å²) in [5, 5.41) is 2.85. The molecule has 1 unspecified atom stereocenters. The van der Waals surface area contributed by atoms with Gasteiger partial charge in [0.05, 0.1) is 5.75 Å². The zero-order chi connectivity index (χ0) is 12.1. The fourth-order valence-corrected chi connectivity index (χ4v) is 2.86. The van der Waals surface area contributed by atoms with E-state index in [9.17, 15) is 8.42 Å². The maximum Gasteiger partial charge on any atom is 0.215 e. The molecule has 0 bridgehead atoms. The molecule has 5 heteroatoms. The van der Waals surface area contributed by atoms with E-state index in [0.29, 0.717) is 12.5 Å². The lowest BCUT2D eigenvalue weighted by Crippen LogP contribution is -2.39. The summed E-state index contributed by atoms with van der Waals surface area (Å²) in [5.74, 6) is 0.685. The molecule has 0 aromatic carbocycles. The molecular weight excluding hydrogens is 212 g/mol. The van der Waals surface area contributed by atoms with Crippen molar-refractivity contribution in [3.05, 3.63) is 0 Å². The van der Waals surface area contributed by atoms with Crippen molar-refractivity contribution >= 4 is 10.0 Å². The molecule has 0 aromatic heterocycles. The van der Waals surface area contributed by atoms with E-state index in [0.717, 1.165) is 6.42 Å². The second-order valence-electron chi connectivity index (χ2n) is 4.41. The molecule has 0 heterocycles. The molecule has 4 nitrogen and oxygen atoms in total. The first-order chi connectivity index (χ1) is 6.81. The zero-order valence-corrected chi connectivity index (χ0v) is 11.3. The summed E-state index contributed by atoms with van der Waals surface area (Å²) in [5.41, 5.74) is 0. The van der Waals surface area contributed by atoms with Crippen molar-refractivity contribution in [3.8, 4) is 0 Å². The standard InChI is InChI=1S/C10H24N2O2S/c1-9(2)8-10(3)12(5)15(13,14)7-6-11-4/h9-11H,6-8H2,1-5H3. The van der Waals surface area contributed by atoms with Crippen LogP contribution in [0, 0.1) is 5.92 Å². The van der Waals surface area contributed by atoms with E-state index in [-0.39, 0.29) is 11.8 Å². The molecule has 0 amide bonds. The van der Waals surface area contributed by atoms with Gasteiger partial charge in [-0.3, -0.25) is 0 Å². The first-order valence-corrected chi connectivity index (χ1v) is 7.02. The maximum absolute atomic E-state index is 11.8. The lowest BCUT2D eigenvalue weighted by Gasteiger charge is -2.25. The molecule has 0 spiro atoms. The molecule has 92 valence electrons. The summed E-state index contributed by atoms with van der Waals surface area (Å²) >= 11 is 0. The Morgan fingerprint density at radius 3 is 2.20 bits per heavy atom. The normalized spacial score (nSPS) is 14.9.